The minimum atomic E-state index is -0.866. The summed E-state index contributed by atoms with van der Waals surface area (Å²) in [6.45, 7) is 2.83. The van der Waals surface area contributed by atoms with E-state index >= 15 is 0 Å². The number of aliphatic hydroxyl groups excluding tert-OH is 1. The Morgan fingerprint density at radius 2 is 1.97 bits per heavy atom. The number of rotatable bonds is 7. The van der Waals surface area contributed by atoms with Gasteiger partial charge in [0.15, 0.2) is 5.76 Å². The lowest BCUT2D eigenvalue weighted by atomic mass is 9.95. The van der Waals surface area contributed by atoms with Gasteiger partial charge in [0, 0.05) is 25.2 Å². The van der Waals surface area contributed by atoms with Crippen molar-refractivity contribution >= 4 is 28.7 Å². The monoisotopic (exact) mass is 427 g/mol. The number of likely N-dealkylation sites (tertiary alicyclic amines) is 1. The summed E-state index contributed by atoms with van der Waals surface area (Å²) in [5.74, 6) is -1.63. The summed E-state index contributed by atoms with van der Waals surface area (Å²) in [5.41, 5.74) is 0.279. The molecule has 0 bridgehead atoms. The topological polar surface area (TPSA) is 104 Å². The maximum Gasteiger partial charge on any atom is 0.290 e. The van der Waals surface area contributed by atoms with Crippen molar-refractivity contribution in [3.8, 4) is 0 Å². The zero-order chi connectivity index (χ0) is 21.3. The van der Waals surface area contributed by atoms with Gasteiger partial charge >= 0.3 is 0 Å². The predicted molar refractivity (Wildman–Crippen MR) is 112 cm³/mol. The predicted octanol–water partition coefficient (Wildman–Crippen LogP) is 3.33. The third kappa shape index (κ3) is 3.73. The number of nitro benzene ring substituents is 1. The molecule has 9 heteroatoms. The quantitative estimate of drug-likeness (QED) is 0.413. The number of hydrogen-bond donors (Lipinski definition) is 1. The van der Waals surface area contributed by atoms with E-state index in [4.69, 9.17) is 0 Å². The highest BCUT2D eigenvalue weighted by Crippen LogP contribution is 2.40. The Hall–Kier alpha value is -3.04. The average Bonchev–Trinajstić information content (AvgIpc) is 3.49. The van der Waals surface area contributed by atoms with Crippen LogP contribution in [0.2, 0.25) is 0 Å². The molecule has 8 nitrogen and oxygen atoms in total. The molecule has 0 spiro atoms. The van der Waals surface area contributed by atoms with Crippen molar-refractivity contribution in [3.63, 3.8) is 0 Å². The molecule has 1 amide bonds. The summed E-state index contributed by atoms with van der Waals surface area (Å²) >= 11 is 1.22. The van der Waals surface area contributed by atoms with Gasteiger partial charge in [-0.2, -0.15) is 0 Å². The summed E-state index contributed by atoms with van der Waals surface area (Å²) < 4.78 is 0. The normalized spacial score (nSPS) is 19.7. The standard InChI is InChI=1S/C21H21N3O5S/c25-19(16-7-4-12-30-16)17-18(14-5-3-6-15(13-14)24(28)29)23(21(27)20(17)26)11-10-22-8-1-2-9-22/h3-7,12-13,18,26H,1-2,8-11H2. The third-order valence-electron chi connectivity index (χ3n) is 5.55. The van der Waals surface area contributed by atoms with E-state index < -0.39 is 28.4 Å². The summed E-state index contributed by atoms with van der Waals surface area (Å²) in [6.07, 6.45) is 2.21. The molecule has 2 aromatic rings. The Labute approximate surface area is 177 Å². The maximum absolute atomic E-state index is 13.1. The molecule has 0 saturated carbocycles. The van der Waals surface area contributed by atoms with Crippen LogP contribution in [0.1, 0.15) is 34.1 Å². The van der Waals surface area contributed by atoms with Crippen LogP contribution in [0.5, 0.6) is 0 Å². The summed E-state index contributed by atoms with van der Waals surface area (Å²) in [6, 6.07) is 8.39. The zero-order valence-corrected chi connectivity index (χ0v) is 17.0. The molecule has 1 atom stereocenters. The van der Waals surface area contributed by atoms with E-state index in [1.807, 2.05) is 0 Å². The molecule has 1 N–H and O–H groups in total. The van der Waals surface area contributed by atoms with Gasteiger partial charge in [-0.05, 0) is 42.9 Å². The molecule has 0 radical (unpaired) electrons. The van der Waals surface area contributed by atoms with Crippen LogP contribution in [-0.4, -0.2) is 57.7 Å². The van der Waals surface area contributed by atoms with Gasteiger partial charge in [-0.1, -0.05) is 18.2 Å². The molecule has 3 heterocycles. The molecule has 1 aromatic carbocycles. The highest BCUT2D eigenvalue weighted by atomic mass is 32.1. The van der Waals surface area contributed by atoms with Crippen LogP contribution in [0.25, 0.3) is 0 Å². The van der Waals surface area contributed by atoms with Gasteiger partial charge in [0.25, 0.3) is 11.6 Å². The first-order chi connectivity index (χ1) is 14.5. The molecule has 2 aliphatic heterocycles. The first-order valence-corrected chi connectivity index (χ1v) is 10.6. The lowest BCUT2D eigenvalue weighted by molar-refractivity contribution is -0.384. The van der Waals surface area contributed by atoms with Crippen molar-refractivity contribution in [2.75, 3.05) is 26.2 Å². The Balaban J connectivity index is 1.73. The molecule has 1 aromatic heterocycles. The van der Waals surface area contributed by atoms with Crippen molar-refractivity contribution < 1.29 is 19.6 Å². The van der Waals surface area contributed by atoms with Crippen LogP contribution in [-0.2, 0) is 4.79 Å². The van der Waals surface area contributed by atoms with Crippen LogP contribution in [0.4, 0.5) is 5.69 Å². The van der Waals surface area contributed by atoms with Crippen LogP contribution in [0, 0.1) is 10.1 Å². The van der Waals surface area contributed by atoms with E-state index in [9.17, 15) is 24.8 Å². The molecule has 4 rings (SSSR count). The van der Waals surface area contributed by atoms with Crippen molar-refractivity contribution in [2.24, 2.45) is 0 Å². The second-order valence-electron chi connectivity index (χ2n) is 7.37. The largest absolute Gasteiger partial charge is 0.503 e. The molecule has 156 valence electrons. The number of aliphatic hydroxyl groups is 1. The number of carbonyl (C=O) groups excluding carboxylic acids is 2. The smallest absolute Gasteiger partial charge is 0.290 e. The first-order valence-electron chi connectivity index (χ1n) is 9.76. The molecular weight excluding hydrogens is 406 g/mol. The second kappa shape index (κ2) is 8.37. The van der Waals surface area contributed by atoms with Gasteiger partial charge in [-0.15, -0.1) is 11.3 Å². The Bertz CT molecular complexity index is 1010. The molecule has 1 fully saturated rings. The zero-order valence-electron chi connectivity index (χ0n) is 16.2. The number of amides is 1. The first kappa shape index (κ1) is 20.2. The fourth-order valence-electron chi connectivity index (χ4n) is 4.07. The van der Waals surface area contributed by atoms with Gasteiger partial charge in [0.2, 0.25) is 5.78 Å². The SMILES string of the molecule is O=C(C1=C(O)C(=O)N(CCN2CCCC2)C1c1cccc([N+](=O)[O-])c1)c1cccs1. The molecule has 0 aliphatic carbocycles. The molecule has 2 aliphatic rings. The van der Waals surface area contributed by atoms with Gasteiger partial charge in [-0.25, -0.2) is 0 Å². The van der Waals surface area contributed by atoms with E-state index in [0.29, 0.717) is 23.5 Å². The number of benzene rings is 1. The Morgan fingerprint density at radius 1 is 1.20 bits per heavy atom. The number of hydrogen-bond acceptors (Lipinski definition) is 7. The van der Waals surface area contributed by atoms with Crippen LogP contribution < -0.4 is 0 Å². The number of Topliss-reactive ketones (excluding diaryl/α,β-unsaturated/α-hetero) is 1. The van der Waals surface area contributed by atoms with Crippen molar-refractivity contribution in [1.82, 2.24) is 9.80 Å². The summed E-state index contributed by atoms with van der Waals surface area (Å²) in [5, 5.41) is 23.6. The third-order valence-corrected chi connectivity index (χ3v) is 6.41. The van der Waals surface area contributed by atoms with Crippen molar-refractivity contribution in [1.29, 1.82) is 0 Å². The van der Waals surface area contributed by atoms with E-state index in [-0.39, 0.29) is 11.3 Å². The van der Waals surface area contributed by atoms with E-state index in [2.05, 4.69) is 4.90 Å². The number of nitrogens with zero attached hydrogens (tertiary/aromatic N) is 3. The lowest BCUT2D eigenvalue weighted by Crippen LogP contribution is -2.37. The lowest BCUT2D eigenvalue weighted by Gasteiger charge is -2.28. The van der Waals surface area contributed by atoms with Gasteiger partial charge in [-0.3, -0.25) is 19.7 Å². The minimum Gasteiger partial charge on any atom is -0.503 e. The fraction of sp³-hybridized carbons (Fsp3) is 0.333. The number of carbonyl (C=O) groups is 2. The Morgan fingerprint density at radius 3 is 2.63 bits per heavy atom. The second-order valence-corrected chi connectivity index (χ2v) is 8.32. The van der Waals surface area contributed by atoms with E-state index in [1.54, 1.807) is 23.6 Å². The Kier molecular flexibility index (Phi) is 5.65. The fourth-order valence-corrected chi connectivity index (χ4v) is 4.74. The van der Waals surface area contributed by atoms with Crippen molar-refractivity contribution in [3.05, 3.63) is 73.7 Å². The molecule has 1 unspecified atom stereocenters. The summed E-state index contributed by atoms with van der Waals surface area (Å²) in [7, 11) is 0. The van der Waals surface area contributed by atoms with Crippen LogP contribution >= 0.6 is 11.3 Å². The highest BCUT2D eigenvalue weighted by molar-refractivity contribution is 7.12. The number of thiophene rings is 1. The molecular formula is C21H21N3O5S. The number of non-ortho nitro benzene ring substituents is 1. The summed E-state index contributed by atoms with van der Waals surface area (Å²) in [4.78, 5) is 40.9. The molecule has 1 saturated heterocycles. The van der Waals surface area contributed by atoms with Crippen LogP contribution in [0.15, 0.2) is 53.1 Å². The highest BCUT2D eigenvalue weighted by Gasteiger charge is 2.44. The van der Waals surface area contributed by atoms with Crippen molar-refractivity contribution in [2.45, 2.75) is 18.9 Å². The average molecular weight is 427 g/mol. The van der Waals surface area contributed by atoms with Gasteiger partial charge < -0.3 is 14.9 Å². The van der Waals surface area contributed by atoms with Gasteiger partial charge in [0.05, 0.1) is 21.4 Å². The van der Waals surface area contributed by atoms with Crippen LogP contribution in [0.3, 0.4) is 0 Å². The minimum absolute atomic E-state index is 0.0237. The molecule has 30 heavy (non-hydrogen) atoms. The van der Waals surface area contributed by atoms with E-state index in [0.717, 1.165) is 25.9 Å². The van der Waals surface area contributed by atoms with E-state index in [1.165, 1.54) is 34.4 Å². The number of ketones is 1. The van der Waals surface area contributed by atoms with Gasteiger partial charge in [0.1, 0.15) is 0 Å². The number of nitro groups is 1. The maximum atomic E-state index is 13.1.